The molecule has 3 nitrogen and oxygen atoms in total. The van der Waals surface area contributed by atoms with Crippen LogP contribution in [0.25, 0.3) is 0 Å². The second kappa shape index (κ2) is 6.30. The molecular weight excluding hydrogens is 302 g/mol. The lowest BCUT2D eigenvalue weighted by atomic mass is 10.1. The maximum atomic E-state index is 12.4. The van der Waals surface area contributed by atoms with Gasteiger partial charge in [0.15, 0.2) is 9.84 Å². The summed E-state index contributed by atoms with van der Waals surface area (Å²) >= 11 is 1.70. The molecule has 1 aliphatic rings. The fraction of sp³-hybridized carbons (Fsp3) is 0.375. The predicted octanol–water partition coefficient (Wildman–Crippen LogP) is 3.36. The van der Waals surface area contributed by atoms with Gasteiger partial charge in [-0.3, -0.25) is 4.90 Å². The van der Waals surface area contributed by atoms with Crippen LogP contribution in [0.4, 0.5) is 0 Å². The van der Waals surface area contributed by atoms with Gasteiger partial charge in [-0.15, -0.1) is 0 Å². The van der Waals surface area contributed by atoms with Crippen LogP contribution < -0.4 is 0 Å². The minimum atomic E-state index is -3.18. The molecule has 0 aliphatic carbocycles. The molecular formula is C16H19NO2S2. The van der Waals surface area contributed by atoms with Gasteiger partial charge in [0.25, 0.3) is 0 Å². The molecule has 1 aromatic carbocycles. The summed E-state index contributed by atoms with van der Waals surface area (Å²) in [6, 6.07) is 11.3. The van der Waals surface area contributed by atoms with E-state index in [2.05, 4.69) is 21.7 Å². The Hall–Kier alpha value is -1.17. The van der Waals surface area contributed by atoms with E-state index in [1.165, 1.54) is 5.56 Å². The van der Waals surface area contributed by atoms with E-state index in [9.17, 15) is 8.42 Å². The van der Waals surface area contributed by atoms with Gasteiger partial charge in [0.1, 0.15) is 0 Å². The molecule has 5 heteroatoms. The molecule has 1 aromatic heterocycles. The van der Waals surface area contributed by atoms with Gasteiger partial charge in [0.05, 0.1) is 10.6 Å². The van der Waals surface area contributed by atoms with Crippen LogP contribution in [-0.2, 0) is 9.84 Å². The van der Waals surface area contributed by atoms with Crippen molar-refractivity contribution in [1.82, 2.24) is 4.90 Å². The average molecular weight is 321 g/mol. The summed E-state index contributed by atoms with van der Waals surface area (Å²) in [5.74, 6) is 0.192. The molecule has 3 rings (SSSR count). The Bertz CT molecular complexity index is 666. The van der Waals surface area contributed by atoms with Crippen LogP contribution in [-0.4, -0.2) is 32.2 Å². The van der Waals surface area contributed by atoms with Gasteiger partial charge in [-0.2, -0.15) is 11.3 Å². The first kappa shape index (κ1) is 14.8. The van der Waals surface area contributed by atoms with E-state index >= 15 is 0 Å². The molecule has 0 spiro atoms. The first-order valence-electron chi connectivity index (χ1n) is 7.21. The van der Waals surface area contributed by atoms with E-state index in [1.54, 1.807) is 35.6 Å². The van der Waals surface area contributed by atoms with Crippen LogP contribution >= 0.6 is 11.3 Å². The summed E-state index contributed by atoms with van der Waals surface area (Å²) in [4.78, 5) is 2.74. The van der Waals surface area contributed by atoms with Gasteiger partial charge in [-0.1, -0.05) is 18.2 Å². The lowest BCUT2D eigenvalue weighted by molar-refractivity contribution is 0.273. The molecule has 0 saturated carbocycles. The van der Waals surface area contributed by atoms with Crippen molar-refractivity contribution in [1.29, 1.82) is 0 Å². The Labute approximate surface area is 130 Å². The van der Waals surface area contributed by atoms with Crippen molar-refractivity contribution in [2.24, 2.45) is 0 Å². The second-order valence-corrected chi connectivity index (χ2v) is 8.27. The molecule has 2 heterocycles. The number of benzene rings is 1. The lowest BCUT2D eigenvalue weighted by Gasteiger charge is -2.23. The number of nitrogens with zero attached hydrogens (tertiary/aromatic N) is 1. The van der Waals surface area contributed by atoms with Crippen molar-refractivity contribution in [3.05, 3.63) is 52.7 Å². The summed E-state index contributed by atoms with van der Waals surface area (Å²) in [6.07, 6.45) is 2.27. The zero-order chi connectivity index (χ0) is 14.7. The Balaban J connectivity index is 1.67. The third kappa shape index (κ3) is 3.36. The first-order valence-corrected chi connectivity index (χ1v) is 9.80. The molecule has 0 amide bonds. The molecule has 2 aromatic rings. The lowest BCUT2D eigenvalue weighted by Crippen LogP contribution is -2.29. The molecule has 1 aliphatic heterocycles. The second-order valence-electron chi connectivity index (χ2n) is 5.38. The van der Waals surface area contributed by atoms with E-state index in [4.69, 9.17) is 0 Å². The Morgan fingerprint density at radius 3 is 2.71 bits per heavy atom. The third-order valence-corrected chi connectivity index (χ3v) is 6.45. The summed E-state index contributed by atoms with van der Waals surface area (Å²) < 4.78 is 24.7. The predicted molar refractivity (Wildman–Crippen MR) is 86.4 cm³/mol. The normalized spacial score (nSPS) is 19.9. The van der Waals surface area contributed by atoms with Crippen molar-refractivity contribution < 1.29 is 8.42 Å². The largest absolute Gasteiger partial charge is 0.295 e. The van der Waals surface area contributed by atoms with E-state index in [0.29, 0.717) is 17.5 Å². The molecule has 1 saturated heterocycles. The quantitative estimate of drug-likeness (QED) is 0.847. The average Bonchev–Trinajstić information content (AvgIpc) is 3.17. The van der Waals surface area contributed by atoms with Gasteiger partial charge in [0.2, 0.25) is 0 Å². The topological polar surface area (TPSA) is 37.4 Å². The number of hydrogen-bond donors (Lipinski definition) is 0. The number of rotatable bonds is 5. The number of hydrogen-bond acceptors (Lipinski definition) is 4. The van der Waals surface area contributed by atoms with Crippen LogP contribution in [0.2, 0.25) is 0 Å². The van der Waals surface area contributed by atoms with Gasteiger partial charge in [-0.25, -0.2) is 8.42 Å². The molecule has 1 fully saturated rings. The highest BCUT2D eigenvalue weighted by Crippen LogP contribution is 2.32. The fourth-order valence-corrected chi connectivity index (χ4v) is 4.91. The number of thiophene rings is 1. The summed E-state index contributed by atoms with van der Waals surface area (Å²) in [7, 11) is -3.18. The zero-order valence-electron chi connectivity index (χ0n) is 11.8. The van der Waals surface area contributed by atoms with Crippen LogP contribution in [0.1, 0.15) is 24.4 Å². The molecule has 112 valence electrons. The van der Waals surface area contributed by atoms with Crippen LogP contribution in [0.15, 0.2) is 52.1 Å². The monoisotopic (exact) mass is 321 g/mol. The minimum absolute atomic E-state index is 0.192. The molecule has 21 heavy (non-hydrogen) atoms. The standard InChI is InChI=1S/C16H19NO2S2/c18-21(19,15-5-2-1-3-6-15)12-10-17-9-4-7-16(17)14-8-11-20-13-14/h1-3,5-6,8,11,13,16H,4,7,9-10,12H2/t16-/m1/s1. The van der Waals surface area contributed by atoms with E-state index in [0.717, 1.165) is 19.4 Å². The maximum Gasteiger partial charge on any atom is 0.179 e. The van der Waals surface area contributed by atoms with Gasteiger partial charge in [-0.05, 0) is 53.9 Å². The smallest absolute Gasteiger partial charge is 0.179 e. The summed E-state index contributed by atoms with van der Waals surface area (Å²) in [5.41, 5.74) is 1.33. The highest BCUT2D eigenvalue weighted by atomic mass is 32.2. The third-order valence-electron chi connectivity index (χ3n) is 4.04. The van der Waals surface area contributed by atoms with Gasteiger partial charge in [0, 0.05) is 12.6 Å². The molecule has 0 bridgehead atoms. The molecule has 0 radical (unpaired) electrons. The van der Waals surface area contributed by atoms with Crippen molar-refractivity contribution in [2.45, 2.75) is 23.8 Å². The van der Waals surface area contributed by atoms with E-state index in [1.807, 2.05) is 6.07 Å². The zero-order valence-corrected chi connectivity index (χ0v) is 13.4. The SMILES string of the molecule is O=S(=O)(CCN1CCC[C@@H]1c1ccsc1)c1ccccc1. The van der Waals surface area contributed by atoms with Crippen LogP contribution in [0.5, 0.6) is 0 Å². The Morgan fingerprint density at radius 2 is 2.00 bits per heavy atom. The molecule has 0 unspecified atom stereocenters. The van der Waals surface area contributed by atoms with Gasteiger partial charge >= 0.3 is 0 Å². The maximum absolute atomic E-state index is 12.4. The highest BCUT2D eigenvalue weighted by Gasteiger charge is 2.27. The minimum Gasteiger partial charge on any atom is -0.295 e. The van der Waals surface area contributed by atoms with Crippen LogP contribution in [0.3, 0.4) is 0 Å². The molecule has 0 N–H and O–H groups in total. The Morgan fingerprint density at radius 1 is 1.19 bits per heavy atom. The van der Waals surface area contributed by atoms with Crippen molar-refractivity contribution >= 4 is 21.2 Å². The first-order chi connectivity index (χ1) is 10.2. The molecule has 1 atom stereocenters. The number of sulfone groups is 1. The number of likely N-dealkylation sites (tertiary alicyclic amines) is 1. The Kier molecular flexibility index (Phi) is 4.42. The van der Waals surface area contributed by atoms with Crippen molar-refractivity contribution in [2.75, 3.05) is 18.8 Å². The van der Waals surface area contributed by atoms with Crippen LogP contribution in [0, 0.1) is 0 Å². The van der Waals surface area contributed by atoms with Gasteiger partial charge < -0.3 is 0 Å². The summed E-state index contributed by atoms with van der Waals surface area (Å²) in [5, 5.41) is 4.27. The fourth-order valence-electron chi connectivity index (χ4n) is 2.92. The van der Waals surface area contributed by atoms with Crippen molar-refractivity contribution in [3.63, 3.8) is 0 Å². The van der Waals surface area contributed by atoms with Crippen molar-refractivity contribution in [3.8, 4) is 0 Å². The highest BCUT2D eigenvalue weighted by molar-refractivity contribution is 7.91. The van der Waals surface area contributed by atoms with E-state index < -0.39 is 9.84 Å². The van der Waals surface area contributed by atoms with E-state index in [-0.39, 0.29) is 5.75 Å². The summed E-state index contributed by atoms with van der Waals surface area (Å²) in [6.45, 7) is 1.60.